The molecule has 0 saturated carbocycles. The van der Waals surface area contributed by atoms with Crippen LogP contribution in [0.2, 0.25) is 5.02 Å². The molecule has 1 fully saturated rings. The van der Waals surface area contributed by atoms with E-state index in [9.17, 15) is 0 Å². The lowest BCUT2D eigenvalue weighted by Gasteiger charge is -2.20. The van der Waals surface area contributed by atoms with Crippen molar-refractivity contribution in [2.75, 3.05) is 13.1 Å². The zero-order valence-electron chi connectivity index (χ0n) is 11.4. The second kappa shape index (κ2) is 5.60. The van der Waals surface area contributed by atoms with Gasteiger partial charge in [-0.15, -0.1) is 0 Å². The number of hydrogen-bond acceptors (Lipinski definition) is 2. The lowest BCUT2D eigenvalue weighted by atomic mass is 9.95. The quantitative estimate of drug-likeness (QED) is 0.907. The zero-order valence-corrected chi connectivity index (χ0v) is 12.1. The average molecular weight is 267 g/mol. The number of benzene rings is 1. The number of rotatable bonds is 4. The zero-order chi connectivity index (χ0) is 13.2. The molecule has 2 N–H and O–H groups in total. The van der Waals surface area contributed by atoms with Crippen LogP contribution in [-0.2, 0) is 13.0 Å². The molecule has 18 heavy (non-hydrogen) atoms. The van der Waals surface area contributed by atoms with Crippen LogP contribution in [0.5, 0.6) is 0 Å². The molecule has 1 saturated heterocycles. The first-order valence-electron chi connectivity index (χ1n) is 6.73. The van der Waals surface area contributed by atoms with Gasteiger partial charge in [-0.2, -0.15) is 0 Å². The van der Waals surface area contributed by atoms with Gasteiger partial charge in [-0.25, -0.2) is 0 Å². The summed E-state index contributed by atoms with van der Waals surface area (Å²) in [7, 11) is 0. The fourth-order valence-electron chi connectivity index (χ4n) is 2.54. The highest BCUT2D eigenvalue weighted by Gasteiger charge is 2.15. The lowest BCUT2D eigenvalue weighted by molar-refractivity contribution is 0.331. The maximum absolute atomic E-state index is 6.37. The molecule has 2 nitrogen and oxygen atoms in total. The predicted octanol–water partition coefficient (Wildman–Crippen LogP) is 3.22. The Hall–Kier alpha value is -0.570. The van der Waals surface area contributed by atoms with Crippen molar-refractivity contribution < 1.29 is 0 Å². The van der Waals surface area contributed by atoms with E-state index in [4.69, 9.17) is 17.3 Å². The predicted molar refractivity (Wildman–Crippen MR) is 77.9 cm³/mol. The summed E-state index contributed by atoms with van der Waals surface area (Å²) >= 11 is 6.37. The summed E-state index contributed by atoms with van der Waals surface area (Å²) in [5.74, 6) is 0. The molecule has 0 amide bonds. The first-order valence-corrected chi connectivity index (χ1v) is 7.10. The Morgan fingerprint density at radius 3 is 2.50 bits per heavy atom. The lowest BCUT2D eigenvalue weighted by Crippen LogP contribution is -2.34. The number of halogens is 1. The summed E-state index contributed by atoms with van der Waals surface area (Å²) in [5.41, 5.74) is 8.31. The van der Waals surface area contributed by atoms with Gasteiger partial charge in [0, 0.05) is 17.1 Å². The molecule has 0 spiro atoms. The maximum atomic E-state index is 6.37. The van der Waals surface area contributed by atoms with Crippen LogP contribution in [-0.4, -0.2) is 23.5 Å². The summed E-state index contributed by atoms with van der Waals surface area (Å²) in [6, 6.07) is 6.38. The van der Waals surface area contributed by atoms with E-state index in [2.05, 4.69) is 23.1 Å². The van der Waals surface area contributed by atoms with Crippen molar-refractivity contribution in [2.24, 2.45) is 5.73 Å². The van der Waals surface area contributed by atoms with Crippen molar-refractivity contribution in [1.29, 1.82) is 0 Å². The van der Waals surface area contributed by atoms with Gasteiger partial charge in [0.2, 0.25) is 0 Å². The van der Waals surface area contributed by atoms with Crippen molar-refractivity contribution in [2.45, 2.75) is 45.2 Å². The van der Waals surface area contributed by atoms with Crippen LogP contribution in [0.25, 0.3) is 0 Å². The molecule has 0 aliphatic carbocycles. The Kier molecular flexibility index (Phi) is 4.31. The van der Waals surface area contributed by atoms with Crippen LogP contribution in [0.3, 0.4) is 0 Å². The Morgan fingerprint density at radius 2 is 1.94 bits per heavy atom. The van der Waals surface area contributed by atoms with Gasteiger partial charge in [0.05, 0.1) is 0 Å². The summed E-state index contributed by atoms with van der Waals surface area (Å²) in [6.07, 6.45) is 3.49. The third-order valence-electron chi connectivity index (χ3n) is 3.37. The van der Waals surface area contributed by atoms with Crippen LogP contribution < -0.4 is 5.73 Å². The van der Waals surface area contributed by atoms with Crippen LogP contribution in [0.1, 0.15) is 37.8 Å². The van der Waals surface area contributed by atoms with Gasteiger partial charge in [-0.05, 0) is 63.4 Å². The van der Waals surface area contributed by atoms with Crippen LogP contribution >= 0.6 is 11.6 Å². The first kappa shape index (κ1) is 13.9. The summed E-state index contributed by atoms with van der Waals surface area (Å²) < 4.78 is 0. The van der Waals surface area contributed by atoms with E-state index in [1.54, 1.807) is 0 Å². The molecule has 0 bridgehead atoms. The molecule has 1 aromatic carbocycles. The van der Waals surface area contributed by atoms with Gasteiger partial charge >= 0.3 is 0 Å². The minimum absolute atomic E-state index is 0.181. The topological polar surface area (TPSA) is 29.3 Å². The summed E-state index contributed by atoms with van der Waals surface area (Å²) in [5, 5.41) is 0.878. The molecule has 1 heterocycles. The van der Waals surface area contributed by atoms with E-state index in [0.717, 1.165) is 18.0 Å². The molecule has 1 aliphatic rings. The molecule has 1 aromatic rings. The first-order chi connectivity index (χ1) is 8.44. The van der Waals surface area contributed by atoms with Crippen LogP contribution in [0.15, 0.2) is 18.2 Å². The van der Waals surface area contributed by atoms with Crippen LogP contribution in [0.4, 0.5) is 0 Å². The molecule has 0 atom stereocenters. The second-order valence-electron chi connectivity index (χ2n) is 6.07. The Balaban J connectivity index is 2.04. The van der Waals surface area contributed by atoms with Gasteiger partial charge in [0.25, 0.3) is 0 Å². The van der Waals surface area contributed by atoms with E-state index in [1.165, 1.54) is 37.1 Å². The molecular weight excluding hydrogens is 244 g/mol. The molecule has 2 rings (SSSR count). The normalized spacial score (nSPS) is 17.3. The summed E-state index contributed by atoms with van der Waals surface area (Å²) in [4.78, 5) is 2.47. The highest BCUT2D eigenvalue weighted by molar-refractivity contribution is 6.31. The fourth-order valence-corrected chi connectivity index (χ4v) is 2.80. The molecule has 3 heteroatoms. The van der Waals surface area contributed by atoms with E-state index in [0.29, 0.717) is 0 Å². The van der Waals surface area contributed by atoms with Crippen molar-refractivity contribution in [1.82, 2.24) is 4.90 Å². The Morgan fingerprint density at radius 1 is 1.28 bits per heavy atom. The van der Waals surface area contributed by atoms with Gasteiger partial charge < -0.3 is 5.73 Å². The number of nitrogens with zero attached hydrogens (tertiary/aromatic N) is 1. The molecule has 0 aromatic heterocycles. The van der Waals surface area contributed by atoms with Crippen LogP contribution in [0, 0.1) is 0 Å². The fraction of sp³-hybridized carbons (Fsp3) is 0.600. The van der Waals surface area contributed by atoms with Gasteiger partial charge in [0.15, 0.2) is 0 Å². The van der Waals surface area contributed by atoms with Gasteiger partial charge in [0.1, 0.15) is 0 Å². The maximum Gasteiger partial charge on any atom is 0.0453 e. The monoisotopic (exact) mass is 266 g/mol. The molecule has 0 radical (unpaired) electrons. The summed E-state index contributed by atoms with van der Waals surface area (Å²) in [6.45, 7) is 7.46. The Bertz CT molecular complexity index is 403. The van der Waals surface area contributed by atoms with E-state index in [-0.39, 0.29) is 5.54 Å². The SMILES string of the molecule is CC(C)(N)Cc1ccc(CN2CCCC2)c(Cl)c1. The molecular formula is C15H23ClN2. The molecule has 1 aliphatic heterocycles. The van der Waals surface area contributed by atoms with Crippen molar-refractivity contribution in [3.05, 3.63) is 34.3 Å². The highest BCUT2D eigenvalue weighted by atomic mass is 35.5. The highest BCUT2D eigenvalue weighted by Crippen LogP contribution is 2.23. The van der Waals surface area contributed by atoms with Crippen molar-refractivity contribution in [3.63, 3.8) is 0 Å². The number of likely N-dealkylation sites (tertiary alicyclic amines) is 1. The minimum Gasteiger partial charge on any atom is -0.325 e. The molecule has 100 valence electrons. The van der Waals surface area contributed by atoms with Gasteiger partial charge in [-0.1, -0.05) is 23.7 Å². The van der Waals surface area contributed by atoms with Crippen molar-refractivity contribution >= 4 is 11.6 Å². The van der Waals surface area contributed by atoms with E-state index >= 15 is 0 Å². The van der Waals surface area contributed by atoms with Crippen molar-refractivity contribution in [3.8, 4) is 0 Å². The minimum atomic E-state index is -0.181. The average Bonchev–Trinajstić information content (AvgIpc) is 2.72. The van der Waals surface area contributed by atoms with E-state index in [1.807, 2.05) is 13.8 Å². The molecule has 0 unspecified atom stereocenters. The number of nitrogens with two attached hydrogens (primary N) is 1. The largest absolute Gasteiger partial charge is 0.325 e. The Labute approximate surface area is 115 Å². The third-order valence-corrected chi connectivity index (χ3v) is 3.72. The van der Waals surface area contributed by atoms with Gasteiger partial charge in [-0.3, -0.25) is 4.90 Å². The standard InChI is InChI=1S/C15H23ClN2/c1-15(2,17)10-12-5-6-13(14(16)9-12)11-18-7-3-4-8-18/h5-6,9H,3-4,7-8,10-11,17H2,1-2H3. The van der Waals surface area contributed by atoms with E-state index < -0.39 is 0 Å². The smallest absolute Gasteiger partial charge is 0.0453 e. The third kappa shape index (κ3) is 3.98. The number of hydrogen-bond donors (Lipinski definition) is 1. The second-order valence-corrected chi connectivity index (χ2v) is 6.48.